The van der Waals surface area contributed by atoms with E-state index in [2.05, 4.69) is 141 Å². The molecule has 0 N–H and O–H groups in total. The molecule has 1 spiro atoms. The highest BCUT2D eigenvalue weighted by atomic mass is 14.5. The summed E-state index contributed by atoms with van der Waals surface area (Å²) in [5.41, 5.74) is 18.7. The third kappa shape index (κ3) is 4.74. The molecule has 0 amide bonds. The van der Waals surface area contributed by atoms with Crippen LogP contribution in [0.25, 0.3) is 33.4 Å². The Hall–Kier alpha value is -5.19. The van der Waals surface area contributed by atoms with E-state index in [-0.39, 0.29) is 0 Å². The summed E-state index contributed by atoms with van der Waals surface area (Å²) in [5, 5.41) is 10.1. The van der Waals surface area contributed by atoms with Gasteiger partial charge in [-0.3, -0.25) is 0 Å². The second-order valence-electron chi connectivity index (χ2n) is 13.6. The zero-order valence-corrected chi connectivity index (χ0v) is 28.0. The molecule has 2 aliphatic rings. The zero-order valence-electron chi connectivity index (χ0n) is 28.0. The van der Waals surface area contributed by atoms with Crippen LogP contribution in [0.5, 0.6) is 0 Å². The fraction of sp³-hybridized carbons (Fsp3) is 0.213. The smallest absolute Gasteiger partial charge is 0.0991 e. The van der Waals surface area contributed by atoms with Gasteiger partial charge in [-0.1, -0.05) is 148 Å². The van der Waals surface area contributed by atoms with Crippen molar-refractivity contribution in [3.63, 3.8) is 0 Å². The van der Waals surface area contributed by atoms with Crippen LogP contribution in [0.15, 0.2) is 127 Å². The molecule has 0 aromatic heterocycles. The number of hydrogen-bond acceptors (Lipinski definition) is 1. The third-order valence-electron chi connectivity index (χ3n) is 10.9. The number of aryl methyl sites for hydroxylation is 2. The van der Waals surface area contributed by atoms with Crippen LogP contribution in [0.3, 0.4) is 0 Å². The molecule has 48 heavy (non-hydrogen) atoms. The molecule has 0 saturated heterocycles. The summed E-state index contributed by atoms with van der Waals surface area (Å²) >= 11 is 0. The van der Waals surface area contributed by atoms with Crippen LogP contribution in [0.1, 0.15) is 89.6 Å². The summed E-state index contributed by atoms with van der Waals surface area (Å²) in [6.07, 6.45) is 7.96. The SMILES string of the molecule is CCCCCCc1ccc2c(c1)C1(c3ccccc3-c3ccc(Cc4ccccc4-c4ccccc4CC)cc31)c1cc(C#N)ccc1-2. The molecule has 0 bridgehead atoms. The van der Waals surface area contributed by atoms with Crippen LogP contribution in [0.2, 0.25) is 0 Å². The van der Waals surface area contributed by atoms with Gasteiger partial charge in [0.25, 0.3) is 0 Å². The Morgan fingerprint density at radius 3 is 1.77 bits per heavy atom. The molecule has 6 aromatic rings. The van der Waals surface area contributed by atoms with Gasteiger partial charge in [-0.15, -0.1) is 0 Å². The summed E-state index contributed by atoms with van der Waals surface area (Å²) in [4.78, 5) is 0. The van der Waals surface area contributed by atoms with E-state index in [1.807, 2.05) is 6.07 Å². The predicted molar refractivity (Wildman–Crippen MR) is 199 cm³/mol. The van der Waals surface area contributed by atoms with Crippen LogP contribution in [-0.2, 0) is 24.7 Å². The maximum absolute atomic E-state index is 10.1. The highest BCUT2D eigenvalue weighted by molar-refractivity contribution is 5.95. The molecule has 2 aliphatic carbocycles. The number of hydrogen-bond donors (Lipinski definition) is 0. The van der Waals surface area contributed by atoms with Gasteiger partial charge in [-0.25, -0.2) is 0 Å². The lowest BCUT2D eigenvalue weighted by molar-refractivity contribution is 0.666. The van der Waals surface area contributed by atoms with Gasteiger partial charge in [-0.05, 0) is 116 Å². The van der Waals surface area contributed by atoms with Crippen molar-refractivity contribution in [1.82, 2.24) is 0 Å². The van der Waals surface area contributed by atoms with Crippen LogP contribution < -0.4 is 0 Å². The molecule has 0 saturated carbocycles. The first kappa shape index (κ1) is 30.2. The first-order chi connectivity index (χ1) is 23.7. The van der Waals surface area contributed by atoms with Gasteiger partial charge in [0.1, 0.15) is 0 Å². The van der Waals surface area contributed by atoms with Crippen molar-refractivity contribution >= 4 is 0 Å². The Bertz CT molecular complexity index is 2210. The van der Waals surface area contributed by atoms with E-state index >= 15 is 0 Å². The number of benzene rings is 6. The van der Waals surface area contributed by atoms with Gasteiger partial charge in [0.15, 0.2) is 0 Å². The number of rotatable bonds is 9. The standard InChI is InChI=1S/C47H41N/c1-3-5-6-7-14-32-21-24-41-42-26-23-34(31-48)30-46(42)47(44(41)28-32)43-20-13-12-19-39(43)40-25-22-33(29-45(40)47)27-36-16-9-11-18-38(36)37-17-10-8-15-35(37)4-2/h8-13,15-26,28-30H,3-7,14,27H2,1-2H3. The van der Waals surface area contributed by atoms with Crippen molar-refractivity contribution in [3.05, 3.63) is 177 Å². The topological polar surface area (TPSA) is 23.8 Å². The summed E-state index contributed by atoms with van der Waals surface area (Å²) < 4.78 is 0. The molecule has 0 fully saturated rings. The fourth-order valence-corrected chi connectivity index (χ4v) is 8.62. The third-order valence-corrected chi connectivity index (χ3v) is 10.9. The lowest BCUT2D eigenvalue weighted by atomic mass is 9.69. The maximum atomic E-state index is 10.1. The molecule has 8 rings (SSSR count). The number of unbranched alkanes of at least 4 members (excludes halogenated alkanes) is 3. The Morgan fingerprint density at radius 2 is 1.06 bits per heavy atom. The van der Waals surface area contributed by atoms with E-state index in [1.54, 1.807) is 0 Å². The van der Waals surface area contributed by atoms with E-state index in [0.717, 1.165) is 19.3 Å². The minimum atomic E-state index is -0.465. The van der Waals surface area contributed by atoms with Crippen molar-refractivity contribution in [3.8, 4) is 39.4 Å². The predicted octanol–water partition coefficient (Wildman–Crippen LogP) is 11.8. The van der Waals surface area contributed by atoms with Gasteiger partial charge < -0.3 is 0 Å². The number of nitrogens with zero attached hydrogens (tertiary/aromatic N) is 1. The number of nitriles is 1. The van der Waals surface area contributed by atoms with E-state index in [1.165, 1.54) is 104 Å². The molecular formula is C47H41N. The zero-order chi connectivity index (χ0) is 32.7. The van der Waals surface area contributed by atoms with Gasteiger partial charge in [-0.2, -0.15) is 5.26 Å². The molecule has 1 atom stereocenters. The first-order valence-corrected chi connectivity index (χ1v) is 17.7. The van der Waals surface area contributed by atoms with Crippen LogP contribution >= 0.6 is 0 Å². The highest BCUT2D eigenvalue weighted by Gasteiger charge is 2.51. The summed E-state index contributed by atoms with van der Waals surface area (Å²) in [6, 6.07) is 49.9. The van der Waals surface area contributed by atoms with Crippen molar-refractivity contribution in [2.45, 2.75) is 64.2 Å². The Balaban J connectivity index is 1.32. The van der Waals surface area contributed by atoms with Crippen LogP contribution in [0, 0.1) is 11.3 Å². The van der Waals surface area contributed by atoms with E-state index in [4.69, 9.17) is 0 Å². The molecule has 0 aliphatic heterocycles. The van der Waals surface area contributed by atoms with Crippen molar-refractivity contribution in [2.24, 2.45) is 0 Å². The molecular weight excluding hydrogens is 579 g/mol. The lowest BCUT2D eigenvalue weighted by Gasteiger charge is -2.31. The van der Waals surface area contributed by atoms with E-state index in [9.17, 15) is 5.26 Å². The van der Waals surface area contributed by atoms with Crippen molar-refractivity contribution in [1.29, 1.82) is 5.26 Å². The molecule has 1 nitrogen and oxygen atoms in total. The minimum Gasteiger partial charge on any atom is -0.192 e. The quantitative estimate of drug-likeness (QED) is 0.147. The van der Waals surface area contributed by atoms with Crippen LogP contribution in [-0.4, -0.2) is 0 Å². The highest BCUT2D eigenvalue weighted by Crippen LogP contribution is 2.63. The average Bonchev–Trinajstić information content (AvgIpc) is 3.59. The van der Waals surface area contributed by atoms with Gasteiger partial charge in [0.2, 0.25) is 0 Å². The normalized spacial score (nSPS) is 15.1. The molecule has 6 aromatic carbocycles. The van der Waals surface area contributed by atoms with Gasteiger partial charge in [0.05, 0.1) is 17.0 Å². The summed E-state index contributed by atoms with van der Waals surface area (Å²) in [5.74, 6) is 0. The largest absolute Gasteiger partial charge is 0.192 e. The van der Waals surface area contributed by atoms with Crippen molar-refractivity contribution in [2.75, 3.05) is 0 Å². The molecule has 1 heteroatoms. The molecule has 1 unspecified atom stereocenters. The monoisotopic (exact) mass is 619 g/mol. The summed E-state index contributed by atoms with van der Waals surface area (Å²) in [7, 11) is 0. The second kappa shape index (κ2) is 12.4. The Morgan fingerprint density at radius 1 is 0.500 bits per heavy atom. The number of fused-ring (bicyclic) bond motifs is 10. The molecule has 0 heterocycles. The first-order valence-electron chi connectivity index (χ1n) is 17.7. The molecule has 234 valence electrons. The van der Waals surface area contributed by atoms with Gasteiger partial charge in [0, 0.05) is 0 Å². The van der Waals surface area contributed by atoms with Gasteiger partial charge >= 0.3 is 0 Å². The fourth-order valence-electron chi connectivity index (χ4n) is 8.62. The van der Waals surface area contributed by atoms with Crippen LogP contribution in [0.4, 0.5) is 0 Å². The average molecular weight is 620 g/mol. The van der Waals surface area contributed by atoms with E-state index in [0.29, 0.717) is 5.56 Å². The van der Waals surface area contributed by atoms with E-state index < -0.39 is 5.41 Å². The van der Waals surface area contributed by atoms with Crippen molar-refractivity contribution < 1.29 is 0 Å². The second-order valence-corrected chi connectivity index (χ2v) is 13.6. The molecule has 0 radical (unpaired) electrons. The lowest BCUT2D eigenvalue weighted by Crippen LogP contribution is -2.26. The maximum Gasteiger partial charge on any atom is 0.0991 e. The Kier molecular flexibility index (Phi) is 7.82. The minimum absolute atomic E-state index is 0.465. The Labute approximate surface area is 285 Å². The summed E-state index contributed by atoms with van der Waals surface area (Å²) in [6.45, 7) is 4.52.